The summed E-state index contributed by atoms with van der Waals surface area (Å²) >= 11 is 0. The van der Waals surface area contributed by atoms with E-state index in [9.17, 15) is 0 Å². The minimum atomic E-state index is 0. The van der Waals surface area contributed by atoms with Crippen LogP contribution in [0.5, 0.6) is 11.5 Å². The van der Waals surface area contributed by atoms with E-state index in [2.05, 4.69) is 24.0 Å². The fourth-order valence-corrected chi connectivity index (χ4v) is 2.70. The van der Waals surface area contributed by atoms with E-state index in [1.54, 1.807) is 0 Å². The van der Waals surface area contributed by atoms with Gasteiger partial charge in [0.1, 0.15) is 13.2 Å². The molecule has 0 radical (unpaired) electrons. The van der Waals surface area contributed by atoms with Gasteiger partial charge in [0, 0.05) is 19.1 Å². The minimum absolute atomic E-state index is 0. The van der Waals surface area contributed by atoms with E-state index in [0.717, 1.165) is 44.2 Å². The molecule has 0 spiro atoms. The first kappa shape index (κ1) is 15.4. The van der Waals surface area contributed by atoms with Crippen LogP contribution in [0.4, 0.5) is 0 Å². The molecule has 1 fully saturated rings. The zero-order valence-corrected chi connectivity index (χ0v) is 12.6. The van der Waals surface area contributed by atoms with Crippen molar-refractivity contribution in [1.29, 1.82) is 0 Å². The summed E-state index contributed by atoms with van der Waals surface area (Å²) < 4.78 is 16.6. The summed E-state index contributed by atoms with van der Waals surface area (Å²) in [5, 5.41) is 0. The molecule has 0 bridgehead atoms. The van der Waals surface area contributed by atoms with E-state index < -0.39 is 0 Å². The zero-order chi connectivity index (χ0) is 13.1. The van der Waals surface area contributed by atoms with Gasteiger partial charge in [-0.3, -0.25) is 4.90 Å². The van der Waals surface area contributed by atoms with Crippen LogP contribution in [0.15, 0.2) is 18.2 Å². The quantitative estimate of drug-likeness (QED) is 0.696. The Hall–Kier alpha value is -0.970. The molecule has 4 nitrogen and oxygen atoms in total. The van der Waals surface area contributed by atoms with Crippen molar-refractivity contribution in [3.63, 3.8) is 0 Å². The van der Waals surface area contributed by atoms with Crippen LogP contribution >= 0.6 is 0 Å². The number of fused-ring (bicyclic) bond motifs is 1. The Bertz CT molecular complexity index is 435. The number of rotatable bonds is 3. The molecule has 2 heterocycles. The first-order chi connectivity index (χ1) is 9.33. The van der Waals surface area contributed by atoms with Crippen molar-refractivity contribution >= 4 is 0 Å². The van der Waals surface area contributed by atoms with Crippen LogP contribution in [-0.2, 0) is 11.2 Å². The number of morpholine rings is 1. The molecule has 1 saturated heterocycles. The van der Waals surface area contributed by atoms with E-state index in [1.807, 2.05) is 6.07 Å². The molecule has 0 aliphatic carbocycles. The molecular weight excluding hydrogens is 278 g/mol. The molecule has 3 rings (SSSR count). The number of nitrogens with zero attached hydrogens (tertiary/aromatic N) is 1. The van der Waals surface area contributed by atoms with Crippen LogP contribution in [0.25, 0.3) is 0 Å². The molecule has 2 aliphatic heterocycles. The summed E-state index contributed by atoms with van der Waals surface area (Å²) in [6.07, 6.45) is 1.04. The zero-order valence-electron chi connectivity index (χ0n) is 11.8. The number of benzene rings is 1. The molecule has 1 aromatic rings. The van der Waals surface area contributed by atoms with Gasteiger partial charge in [0.15, 0.2) is 11.5 Å². The van der Waals surface area contributed by atoms with Gasteiger partial charge in [-0.1, -0.05) is 6.07 Å². The SMILES string of the molecule is CC(Cc1ccc2c(c1)OCCO2)N1CCOCC1.[Cl-]. The van der Waals surface area contributed by atoms with Crippen molar-refractivity contribution in [3.8, 4) is 11.5 Å². The van der Waals surface area contributed by atoms with E-state index in [0.29, 0.717) is 19.3 Å². The third-order valence-electron chi connectivity index (χ3n) is 3.81. The van der Waals surface area contributed by atoms with Gasteiger partial charge in [0.2, 0.25) is 0 Å². The van der Waals surface area contributed by atoms with Gasteiger partial charge < -0.3 is 26.6 Å². The highest BCUT2D eigenvalue weighted by atomic mass is 35.5. The summed E-state index contributed by atoms with van der Waals surface area (Å²) in [5.41, 5.74) is 1.31. The molecule has 5 heteroatoms. The number of hydrogen-bond donors (Lipinski definition) is 0. The van der Waals surface area contributed by atoms with Crippen LogP contribution in [-0.4, -0.2) is 50.5 Å². The lowest BCUT2D eigenvalue weighted by atomic mass is 10.0. The molecule has 1 aromatic carbocycles. The van der Waals surface area contributed by atoms with E-state index in [1.165, 1.54) is 5.56 Å². The average Bonchev–Trinajstić information content (AvgIpc) is 2.48. The van der Waals surface area contributed by atoms with Crippen LogP contribution in [0.2, 0.25) is 0 Å². The van der Waals surface area contributed by atoms with Crippen molar-refractivity contribution < 1.29 is 26.6 Å². The van der Waals surface area contributed by atoms with Crippen LogP contribution < -0.4 is 21.9 Å². The van der Waals surface area contributed by atoms with Crippen LogP contribution in [0.1, 0.15) is 12.5 Å². The van der Waals surface area contributed by atoms with Crippen molar-refractivity contribution in [2.24, 2.45) is 0 Å². The van der Waals surface area contributed by atoms with Gasteiger partial charge in [-0.05, 0) is 31.0 Å². The molecule has 0 saturated carbocycles. The first-order valence-corrected chi connectivity index (χ1v) is 7.03. The summed E-state index contributed by atoms with van der Waals surface area (Å²) in [7, 11) is 0. The normalized spacial score (nSPS) is 20.1. The molecule has 2 aliphatic rings. The smallest absolute Gasteiger partial charge is 0.161 e. The Morgan fingerprint density at radius 2 is 1.75 bits per heavy atom. The second-order valence-corrected chi connectivity index (χ2v) is 5.18. The van der Waals surface area contributed by atoms with Gasteiger partial charge >= 0.3 is 0 Å². The van der Waals surface area contributed by atoms with E-state index in [4.69, 9.17) is 14.2 Å². The third kappa shape index (κ3) is 3.57. The minimum Gasteiger partial charge on any atom is -1.00 e. The topological polar surface area (TPSA) is 30.9 Å². The number of hydrogen-bond acceptors (Lipinski definition) is 4. The van der Waals surface area contributed by atoms with Crippen LogP contribution in [0.3, 0.4) is 0 Å². The maximum atomic E-state index is 5.63. The predicted octanol–water partition coefficient (Wildman–Crippen LogP) is -1.27. The van der Waals surface area contributed by atoms with E-state index >= 15 is 0 Å². The molecule has 112 valence electrons. The maximum Gasteiger partial charge on any atom is 0.161 e. The molecular formula is C15H21ClNO3-. The Morgan fingerprint density at radius 3 is 2.50 bits per heavy atom. The number of halogens is 1. The summed E-state index contributed by atoms with van der Waals surface area (Å²) in [6, 6.07) is 6.82. The van der Waals surface area contributed by atoms with Gasteiger partial charge in [0.25, 0.3) is 0 Å². The second kappa shape index (κ2) is 7.16. The lowest BCUT2D eigenvalue weighted by molar-refractivity contribution is -0.00000573. The summed E-state index contributed by atoms with van der Waals surface area (Å²) in [6.45, 7) is 7.35. The Balaban J connectivity index is 0.00000147. The molecule has 0 N–H and O–H groups in total. The lowest BCUT2D eigenvalue weighted by Crippen LogP contribution is -3.00. The molecule has 20 heavy (non-hydrogen) atoms. The largest absolute Gasteiger partial charge is 1.00 e. The highest BCUT2D eigenvalue weighted by Gasteiger charge is 2.18. The van der Waals surface area contributed by atoms with Crippen molar-refractivity contribution in [2.45, 2.75) is 19.4 Å². The predicted molar refractivity (Wildman–Crippen MR) is 73.0 cm³/mol. The maximum absolute atomic E-state index is 5.63. The first-order valence-electron chi connectivity index (χ1n) is 7.03. The van der Waals surface area contributed by atoms with Crippen molar-refractivity contribution in [3.05, 3.63) is 23.8 Å². The van der Waals surface area contributed by atoms with Crippen molar-refractivity contribution in [2.75, 3.05) is 39.5 Å². The highest BCUT2D eigenvalue weighted by molar-refractivity contribution is 5.44. The fraction of sp³-hybridized carbons (Fsp3) is 0.600. The highest BCUT2D eigenvalue weighted by Crippen LogP contribution is 2.31. The van der Waals surface area contributed by atoms with Gasteiger partial charge in [-0.15, -0.1) is 0 Å². The molecule has 0 amide bonds. The van der Waals surface area contributed by atoms with Gasteiger partial charge in [-0.2, -0.15) is 0 Å². The lowest BCUT2D eigenvalue weighted by Gasteiger charge is -2.32. The van der Waals surface area contributed by atoms with Crippen LogP contribution in [0, 0.1) is 0 Å². The molecule has 0 aromatic heterocycles. The van der Waals surface area contributed by atoms with Crippen molar-refractivity contribution in [1.82, 2.24) is 4.90 Å². The third-order valence-corrected chi connectivity index (χ3v) is 3.81. The Morgan fingerprint density at radius 1 is 1.05 bits per heavy atom. The Labute approximate surface area is 126 Å². The standard InChI is InChI=1S/C15H21NO3.ClH/c1-12(16-4-6-17-7-5-16)10-13-2-3-14-15(11-13)19-9-8-18-14;/h2-3,11-12H,4-10H2,1H3;1H/p-1. The Kier molecular flexibility index (Phi) is 5.52. The number of ether oxygens (including phenoxy) is 3. The average molecular weight is 299 g/mol. The second-order valence-electron chi connectivity index (χ2n) is 5.18. The molecule has 1 unspecified atom stereocenters. The monoisotopic (exact) mass is 298 g/mol. The summed E-state index contributed by atoms with van der Waals surface area (Å²) in [5.74, 6) is 1.76. The molecule has 1 atom stereocenters. The summed E-state index contributed by atoms with van der Waals surface area (Å²) in [4.78, 5) is 2.49. The van der Waals surface area contributed by atoms with E-state index in [-0.39, 0.29) is 12.4 Å². The van der Waals surface area contributed by atoms with Gasteiger partial charge in [0.05, 0.1) is 13.2 Å². The fourth-order valence-electron chi connectivity index (χ4n) is 2.70. The van der Waals surface area contributed by atoms with Gasteiger partial charge in [-0.25, -0.2) is 0 Å².